The molecule has 0 saturated carbocycles. The Kier molecular flexibility index (Phi) is 2.87. The lowest BCUT2D eigenvalue weighted by atomic mass is 10.3. The molecular weight excluding hydrogens is 230 g/mol. The predicted molar refractivity (Wildman–Crippen MR) is 58.4 cm³/mol. The topological polar surface area (TPSA) is 68.0 Å². The number of hydrogen-bond acceptors (Lipinski definition) is 4. The molecule has 2 aromatic heterocycles. The number of hydrogen-bond donors (Lipinski definition) is 1. The maximum Gasteiger partial charge on any atom is 0.277 e. The van der Waals surface area contributed by atoms with Gasteiger partial charge >= 0.3 is 0 Å². The quantitative estimate of drug-likeness (QED) is 0.814. The lowest BCUT2D eigenvalue weighted by Crippen LogP contribution is -2.13. The van der Waals surface area contributed by atoms with Gasteiger partial charge in [0, 0.05) is 6.07 Å². The third kappa shape index (κ3) is 2.20. The van der Waals surface area contributed by atoms with Crippen LogP contribution < -0.4 is 5.32 Å². The molecule has 0 aliphatic heterocycles. The van der Waals surface area contributed by atoms with Crippen molar-refractivity contribution in [3.05, 3.63) is 41.0 Å². The fourth-order valence-corrected chi connectivity index (χ4v) is 1.37. The number of anilines is 1. The summed E-state index contributed by atoms with van der Waals surface area (Å²) in [5.74, 6) is -0.346. The summed E-state index contributed by atoms with van der Waals surface area (Å²) in [6.07, 6.45) is 1.34. The van der Waals surface area contributed by atoms with Gasteiger partial charge in [-0.2, -0.15) is 0 Å². The minimum Gasteiger partial charge on any atom is -0.364 e. The van der Waals surface area contributed by atoms with Crippen molar-refractivity contribution >= 4 is 23.2 Å². The number of pyridine rings is 1. The van der Waals surface area contributed by atoms with Crippen LogP contribution in [0.15, 0.2) is 29.0 Å². The van der Waals surface area contributed by atoms with Gasteiger partial charge in [-0.05, 0) is 19.1 Å². The van der Waals surface area contributed by atoms with Gasteiger partial charge in [0.1, 0.15) is 11.4 Å². The molecule has 82 valence electrons. The molecular formula is C10H8ClN3O2. The zero-order chi connectivity index (χ0) is 11.5. The molecule has 6 heteroatoms. The summed E-state index contributed by atoms with van der Waals surface area (Å²) in [7, 11) is 0. The van der Waals surface area contributed by atoms with Gasteiger partial charge in [0.2, 0.25) is 0 Å². The van der Waals surface area contributed by atoms with E-state index in [1.165, 1.54) is 12.3 Å². The molecule has 1 amide bonds. The van der Waals surface area contributed by atoms with Gasteiger partial charge in [-0.3, -0.25) is 4.79 Å². The van der Waals surface area contributed by atoms with Crippen molar-refractivity contribution in [2.75, 3.05) is 5.32 Å². The molecule has 0 aliphatic rings. The summed E-state index contributed by atoms with van der Waals surface area (Å²) in [5.41, 5.74) is 1.45. The van der Waals surface area contributed by atoms with Crippen molar-refractivity contribution in [1.29, 1.82) is 0 Å². The van der Waals surface area contributed by atoms with E-state index in [9.17, 15) is 4.79 Å². The largest absolute Gasteiger partial charge is 0.364 e. The van der Waals surface area contributed by atoms with Gasteiger partial charge in [-0.25, -0.2) is 4.98 Å². The highest BCUT2D eigenvalue weighted by molar-refractivity contribution is 6.29. The molecule has 0 bridgehead atoms. The first-order valence-corrected chi connectivity index (χ1v) is 4.89. The van der Waals surface area contributed by atoms with E-state index >= 15 is 0 Å². The average molecular weight is 238 g/mol. The summed E-state index contributed by atoms with van der Waals surface area (Å²) in [6, 6.07) is 4.77. The molecule has 0 aromatic carbocycles. The smallest absolute Gasteiger partial charge is 0.277 e. The first kappa shape index (κ1) is 10.6. The highest BCUT2D eigenvalue weighted by Gasteiger charge is 2.10. The Labute approximate surface area is 96.4 Å². The number of halogens is 1. The first-order chi connectivity index (χ1) is 7.66. The highest BCUT2D eigenvalue weighted by atomic mass is 35.5. The molecule has 0 radical (unpaired) electrons. The van der Waals surface area contributed by atoms with E-state index in [0.29, 0.717) is 16.5 Å². The van der Waals surface area contributed by atoms with Crippen LogP contribution >= 0.6 is 11.6 Å². The molecule has 2 rings (SSSR count). The van der Waals surface area contributed by atoms with E-state index in [1.807, 2.05) is 0 Å². The third-order valence-corrected chi connectivity index (χ3v) is 2.18. The van der Waals surface area contributed by atoms with E-state index in [4.69, 9.17) is 11.6 Å². The van der Waals surface area contributed by atoms with Crippen molar-refractivity contribution in [1.82, 2.24) is 10.1 Å². The van der Waals surface area contributed by atoms with Crippen LogP contribution in [-0.2, 0) is 0 Å². The number of amides is 1. The van der Waals surface area contributed by atoms with Gasteiger partial charge in [-0.15, -0.1) is 0 Å². The second kappa shape index (κ2) is 4.32. The molecule has 16 heavy (non-hydrogen) atoms. The predicted octanol–water partition coefficient (Wildman–Crippen LogP) is 2.28. The van der Waals surface area contributed by atoms with Crippen LogP contribution in [0.25, 0.3) is 0 Å². The maximum atomic E-state index is 11.6. The second-order valence-electron chi connectivity index (χ2n) is 3.11. The third-order valence-electron chi connectivity index (χ3n) is 1.97. The summed E-state index contributed by atoms with van der Waals surface area (Å²) >= 11 is 5.70. The first-order valence-electron chi connectivity index (χ1n) is 4.51. The minimum absolute atomic E-state index is 0.217. The Bertz CT molecular complexity index is 511. The molecule has 0 unspecified atom stereocenters. The van der Waals surface area contributed by atoms with E-state index in [1.54, 1.807) is 19.1 Å². The monoisotopic (exact) mass is 237 g/mol. The average Bonchev–Trinajstić information content (AvgIpc) is 2.75. The van der Waals surface area contributed by atoms with E-state index in [2.05, 4.69) is 20.0 Å². The highest BCUT2D eigenvalue weighted by Crippen LogP contribution is 2.16. The van der Waals surface area contributed by atoms with Crippen LogP contribution in [0.4, 0.5) is 5.69 Å². The van der Waals surface area contributed by atoms with Crippen molar-refractivity contribution in [2.45, 2.75) is 6.92 Å². The maximum absolute atomic E-state index is 11.6. The van der Waals surface area contributed by atoms with E-state index in [-0.39, 0.29) is 11.6 Å². The standard InChI is InChI=1S/C10H8ClN3O2/c1-6-7(2-3-9(11)12-6)13-10(15)8-4-5-16-14-8/h2-5H,1H3,(H,13,15). The Hall–Kier alpha value is -1.88. The van der Waals surface area contributed by atoms with E-state index in [0.717, 1.165) is 0 Å². The molecule has 0 saturated heterocycles. The summed E-state index contributed by atoms with van der Waals surface area (Å²) in [6.45, 7) is 1.75. The Balaban J connectivity index is 2.18. The zero-order valence-electron chi connectivity index (χ0n) is 8.40. The molecule has 2 heterocycles. The lowest BCUT2D eigenvalue weighted by Gasteiger charge is -2.05. The second-order valence-corrected chi connectivity index (χ2v) is 3.49. The van der Waals surface area contributed by atoms with Gasteiger partial charge in [0.15, 0.2) is 5.69 Å². The van der Waals surface area contributed by atoms with Crippen molar-refractivity contribution in [2.24, 2.45) is 0 Å². The SMILES string of the molecule is Cc1nc(Cl)ccc1NC(=O)c1ccon1. The van der Waals surface area contributed by atoms with Gasteiger partial charge < -0.3 is 9.84 Å². The van der Waals surface area contributed by atoms with Crippen molar-refractivity contribution < 1.29 is 9.32 Å². The van der Waals surface area contributed by atoms with E-state index < -0.39 is 0 Å². The Morgan fingerprint density at radius 1 is 1.44 bits per heavy atom. The zero-order valence-corrected chi connectivity index (χ0v) is 9.15. The molecule has 5 nitrogen and oxygen atoms in total. The van der Waals surface area contributed by atoms with Crippen LogP contribution in [-0.4, -0.2) is 16.0 Å². The van der Waals surface area contributed by atoms with Gasteiger partial charge in [-0.1, -0.05) is 16.8 Å². The number of nitrogens with zero attached hydrogens (tertiary/aromatic N) is 2. The van der Waals surface area contributed by atoms with Gasteiger partial charge in [0.25, 0.3) is 5.91 Å². The normalized spacial score (nSPS) is 10.1. The van der Waals surface area contributed by atoms with Crippen molar-refractivity contribution in [3.63, 3.8) is 0 Å². The number of carbonyl (C=O) groups excluding carboxylic acids is 1. The number of carbonyl (C=O) groups is 1. The molecule has 0 aliphatic carbocycles. The Morgan fingerprint density at radius 3 is 2.88 bits per heavy atom. The van der Waals surface area contributed by atoms with Crippen LogP contribution in [0.1, 0.15) is 16.2 Å². The molecule has 1 N–H and O–H groups in total. The summed E-state index contributed by atoms with van der Waals surface area (Å²) < 4.78 is 4.58. The number of aryl methyl sites for hydroxylation is 1. The summed E-state index contributed by atoms with van der Waals surface area (Å²) in [5, 5.41) is 6.57. The van der Waals surface area contributed by atoms with Crippen LogP contribution in [0.2, 0.25) is 5.15 Å². The molecule has 0 spiro atoms. The number of rotatable bonds is 2. The van der Waals surface area contributed by atoms with Crippen LogP contribution in [0.5, 0.6) is 0 Å². The Morgan fingerprint density at radius 2 is 2.25 bits per heavy atom. The molecule has 2 aromatic rings. The lowest BCUT2D eigenvalue weighted by molar-refractivity contribution is 0.101. The van der Waals surface area contributed by atoms with Crippen molar-refractivity contribution in [3.8, 4) is 0 Å². The molecule has 0 atom stereocenters. The fraction of sp³-hybridized carbons (Fsp3) is 0.100. The fourth-order valence-electron chi connectivity index (χ4n) is 1.18. The van der Waals surface area contributed by atoms with Crippen LogP contribution in [0.3, 0.4) is 0 Å². The molecule has 0 fully saturated rings. The number of aromatic nitrogens is 2. The van der Waals surface area contributed by atoms with Gasteiger partial charge in [0.05, 0.1) is 11.4 Å². The number of nitrogens with one attached hydrogen (secondary N) is 1. The van der Waals surface area contributed by atoms with Crippen LogP contribution in [0, 0.1) is 6.92 Å². The summed E-state index contributed by atoms with van der Waals surface area (Å²) in [4.78, 5) is 15.6. The minimum atomic E-state index is -0.346.